The van der Waals surface area contributed by atoms with Crippen molar-refractivity contribution in [2.24, 2.45) is 0 Å². The Morgan fingerprint density at radius 1 is 1.53 bits per heavy atom. The van der Waals surface area contributed by atoms with Crippen LogP contribution in [0.5, 0.6) is 0 Å². The average molecular weight is 295 g/mol. The van der Waals surface area contributed by atoms with Crippen LogP contribution in [0.4, 0.5) is 5.95 Å². The van der Waals surface area contributed by atoms with Crippen LogP contribution in [0.1, 0.15) is 12.8 Å². The summed E-state index contributed by atoms with van der Waals surface area (Å²) in [6, 6.07) is 6.59. The van der Waals surface area contributed by atoms with Gasteiger partial charge >= 0.3 is 0 Å². The summed E-state index contributed by atoms with van der Waals surface area (Å²) in [6.07, 6.45) is 2.47. The van der Waals surface area contributed by atoms with Crippen molar-refractivity contribution in [1.82, 2.24) is 14.9 Å². The number of anilines is 1. The Hall–Kier alpha value is -1.07. The van der Waals surface area contributed by atoms with E-state index in [-0.39, 0.29) is 0 Å². The molecule has 17 heavy (non-hydrogen) atoms. The van der Waals surface area contributed by atoms with E-state index in [9.17, 15) is 0 Å². The minimum absolute atomic E-state index is 0.522. The van der Waals surface area contributed by atoms with E-state index in [0.717, 1.165) is 28.6 Å². The number of hydrogen-bond donors (Lipinski definition) is 2. The first kappa shape index (κ1) is 11.0. The minimum atomic E-state index is 0.522. The maximum absolute atomic E-state index is 5.99. The lowest BCUT2D eigenvalue weighted by Crippen LogP contribution is -2.27. The molecule has 5 heteroatoms. The van der Waals surface area contributed by atoms with Crippen LogP contribution < -0.4 is 11.1 Å². The summed E-state index contributed by atoms with van der Waals surface area (Å²) in [7, 11) is 0. The molecule has 1 fully saturated rings. The largest absolute Gasteiger partial charge is 0.369 e. The maximum Gasteiger partial charge on any atom is 0.201 e. The zero-order valence-corrected chi connectivity index (χ0v) is 11.1. The van der Waals surface area contributed by atoms with E-state index in [2.05, 4.69) is 36.9 Å². The molecule has 1 unspecified atom stereocenters. The molecule has 3 rings (SSSR count). The lowest BCUT2D eigenvalue weighted by molar-refractivity contribution is 0.521. The van der Waals surface area contributed by atoms with Gasteiger partial charge in [-0.3, -0.25) is 0 Å². The van der Waals surface area contributed by atoms with Crippen LogP contribution in [0.2, 0.25) is 0 Å². The first-order valence-electron chi connectivity index (χ1n) is 5.89. The van der Waals surface area contributed by atoms with E-state index < -0.39 is 0 Å². The van der Waals surface area contributed by atoms with E-state index in [0.29, 0.717) is 12.0 Å². The number of aromatic nitrogens is 2. The molecule has 0 spiro atoms. The molecule has 0 radical (unpaired) electrons. The van der Waals surface area contributed by atoms with Gasteiger partial charge in [-0.25, -0.2) is 4.98 Å². The van der Waals surface area contributed by atoms with Crippen molar-refractivity contribution in [3.8, 4) is 0 Å². The normalized spacial score (nSPS) is 20.2. The fraction of sp³-hybridized carbons (Fsp3) is 0.417. The molecule has 4 nitrogen and oxygen atoms in total. The molecular formula is C12H15BrN4. The number of nitrogens with zero attached hydrogens (tertiary/aromatic N) is 2. The monoisotopic (exact) mass is 294 g/mol. The molecule has 1 atom stereocenters. The van der Waals surface area contributed by atoms with Gasteiger partial charge in [0.05, 0.1) is 11.0 Å². The summed E-state index contributed by atoms with van der Waals surface area (Å²) in [5.74, 6) is 0.604. The summed E-state index contributed by atoms with van der Waals surface area (Å²) in [4.78, 5) is 4.39. The lowest BCUT2D eigenvalue weighted by atomic mass is 10.2. The highest BCUT2D eigenvalue weighted by Gasteiger charge is 2.17. The maximum atomic E-state index is 5.99. The molecule has 90 valence electrons. The van der Waals surface area contributed by atoms with E-state index in [4.69, 9.17) is 5.73 Å². The molecule has 1 saturated heterocycles. The second-order valence-corrected chi connectivity index (χ2v) is 5.42. The zero-order valence-electron chi connectivity index (χ0n) is 9.49. The molecule has 0 aliphatic carbocycles. The van der Waals surface area contributed by atoms with Crippen molar-refractivity contribution in [2.75, 3.05) is 12.3 Å². The summed E-state index contributed by atoms with van der Waals surface area (Å²) >= 11 is 3.49. The molecule has 2 heterocycles. The van der Waals surface area contributed by atoms with Gasteiger partial charge in [0.15, 0.2) is 0 Å². The van der Waals surface area contributed by atoms with E-state index in [1.54, 1.807) is 0 Å². The standard InChI is InChI=1S/C12H15BrN4/c13-8-3-4-10-11(6-8)17(12(14)16-10)7-9-2-1-5-15-9/h3-4,6,9,15H,1-2,5,7H2,(H2,14,16). The molecule has 1 aromatic carbocycles. The van der Waals surface area contributed by atoms with Gasteiger partial charge in [-0.05, 0) is 37.6 Å². The highest BCUT2D eigenvalue weighted by molar-refractivity contribution is 9.10. The van der Waals surface area contributed by atoms with E-state index in [1.165, 1.54) is 12.8 Å². The predicted octanol–water partition coefficient (Wildman–Crippen LogP) is 2.13. The Morgan fingerprint density at radius 3 is 3.18 bits per heavy atom. The third-order valence-corrected chi connectivity index (χ3v) is 3.80. The number of nitrogen functional groups attached to an aromatic ring is 1. The third kappa shape index (κ3) is 2.05. The molecule has 0 bridgehead atoms. The van der Waals surface area contributed by atoms with Gasteiger partial charge in [-0.15, -0.1) is 0 Å². The molecule has 2 aromatic rings. The second-order valence-electron chi connectivity index (χ2n) is 4.51. The highest BCUT2D eigenvalue weighted by atomic mass is 79.9. The Bertz CT molecular complexity index is 543. The van der Waals surface area contributed by atoms with Crippen LogP contribution in [0.3, 0.4) is 0 Å². The van der Waals surface area contributed by atoms with Crippen molar-refractivity contribution in [3.05, 3.63) is 22.7 Å². The fourth-order valence-electron chi connectivity index (χ4n) is 2.44. The molecule has 0 amide bonds. The van der Waals surface area contributed by atoms with Crippen LogP contribution >= 0.6 is 15.9 Å². The van der Waals surface area contributed by atoms with Gasteiger partial charge < -0.3 is 15.6 Å². The molecule has 1 aliphatic heterocycles. The Kier molecular flexibility index (Phi) is 2.80. The van der Waals surface area contributed by atoms with Crippen molar-refractivity contribution in [2.45, 2.75) is 25.4 Å². The first-order chi connectivity index (χ1) is 8.24. The topological polar surface area (TPSA) is 55.9 Å². The average Bonchev–Trinajstić information content (AvgIpc) is 2.90. The number of benzene rings is 1. The number of fused-ring (bicyclic) bond motifs is 1. The number of nitrogens with two attached hydrogens (primary N) is 1. The molecule has 0 saturated carbocycles. The summed E-state index contributed by atoms with van der Waals surface area (Å²) in [6.45, 7) is 2.01. The van der Waals surface area contributed by atoms with Crippen molar-refractivity contribution >= 4 is 32.9 Å². The van der Waals surface area contributed by atoms with Gasteiger partial charge in [-0.2, -0.15) is 0 Å². The quantitative estimate of drug-likeness (QED) is 0.892. The van der Waals surface area contributed by atoms with Gasteiger partial charge in [0, 0.05) is 17.1 Å². The van der Waals surface area contributed by atoms with Crippen LogP contribution in [-0.2, 0) is 6.54 Å². The molecule has 1 aliphatic rings. The van der Waals surface area contributed by atoms with Crippen molar-refractivity contribution in [1.29, 1.82) is 0 Å². The van der Waals surface area contributed by atoms with Crippen molar-refractivity contribution < 1.29 is 0 Å². The second kappa shape index (κ2) is 4.31. The van der Waals surface area contributed by atoms with Crippen LogP contribution in [0.25, 0.3) is 11.0 Å². The van der Waals surface area contributed by atoms with Gasteiger partial charge in [0.1, 0.15) is 0 Å². The molecule has 3 N–H and O–H groups in total. The smallest absolute Gasteiger partial charge is 0.201 e. The fourth-order valence-corrected chi connectivity index (χ4v) is 2.79. The van der Waals surface area contributed by atoms with E-state index >= 15 is 0 Å². The van der Waals surface area contributed by atoms with Gasteiger partial charge in [-0.1, -0.05) is 15.9 Å². The van der Waals surface area contributed by atoms with Crippen LogP contribution in [-0.4, -0.2) is 22.1 Å². The van der Waals surface area contributed by atoms with Crippen LogP contribution in [0.15, 0.2) is 22.7 Å². The molecular weight excluding hydrogens is 280 g/mol. The number of imidazole rings is 1. The van der Waals surface area contributed by atoms with Gasteiger partial charge in [0.2, 0.25) is 5.95 Å². The summed E-state index contributed by atoms with van der Waals surface area (Å²) in [5.41, 5.74) is 8.05. The minimum Gasteiger partial charge on any atom is -0.369 e. The Morgan fingerprint density at radius 2 is 2.41 bits per heavy atom. The summed E-state index contributed by atoms with van der Waals surface area (Å²) in [5, 5.41) is 3.49. The van der Waals surface area contributed by atoms with Gasteiger partial charge in [0.25, 0.3) is 0 Å². The highest BCUT2D eigenvalue weighted by Crippen LogP contribution is 2.23. The van der Waals surface area contributed by atoms with Crippen LogP contribution in [0, 0.1) is 0 Å². The van der Waals surface area contributed by atoms with Crippen molar-refractivity contribution in [3.63, 3.8) is 0 Å². The number of rotatable bonds is 2. The first-order valence-corrected chi connectivity index (χ1v) is 6.68. The predicted molar refractivity (Wildman–Crippen MR) is 72.9 cm³/mol. The number of halogens is 1. The third-order valence-electron chi connectivity index (χ3n) is 3.31. The Labute approximate surface area is 108 Å². The Balaban J connectivity index is 2.01. The summed E-state index contributed by atoms with van der Waals surface area (Å²) < 4.78 is 3.16. The SMILES string of the molecule is Nc1nc2ccc(Br)cc2n1CC1CCCN1. The van der Waals surface area contributed by atoms with E-state index in [1.807, 2.05) is 12.1 Å². The number of nitrogens with one attached hydrogen (secondary N) is 1. The molecule has 1 aromatic heterocycles. The zero-order chi connectivity index (χ0) is 11.8. The number of hydrogen-bond acceptors (Lipinski definition) is 3. The lowest BCUT2D eigenvalue weighted by Gasteiger charge is -2.13.